The molecule has 1 aromatic carbocycles. The number of benzene rings is 1. The molecule has 0 spiro atoms. The minimum absolute atomic E-state index is 0.0731. The molecule has 23 heavy (non-hydrogen) atoms. The average Bonchev–Trinajstić information content (AvgIpc) is 2.90. The van der Waals surface area contributed by atoms with Crippen LogP contribution in [0.15, 0.2) is 30.6 Å². The summed E-state index contributed by atoms with van der Waals surface area (Å²) < 4.78 is 2.26. The lowest BCUT2D eigenvalue weighted by atomic mass is 9.90. The maximum absolute atomic E-state index is 12.3. The number of amides is 1. The van der Waals surface area contributed by atoms with Gasteiger partial charge in [-0.25, -0.2) is 4.98 Å². The minimum Gasteiger partial charge on any atom is -0.343 e. The molecule has 1 aromatic heterocycles. The summed E-state index contributed by atoms with van der Waals surface area (Å²) in [6.07, 6.45) is 4.76. The number of imidazole rings is 1. The van der Waals surface area contributed by atoms with Crippen LogP contribution in [0.2, 0.25) is 0 Å². The molecule has 0 atom stereocenters. The highest BCUT2D eigenvalue weighted by Crippen LogP contribution is 2.25. The van der Waals surface area contributed by atoms with Gasteiger partial charge in [-0.15, -0.1) is 0 Å². The van der Waals surface area contributed by atoms with Crippen molar-refractivity contribution in [3.8, 4) is 0 Å². The van der Waals surface area contributed by atoms with Crippen LogP contribution in [-0.2, 0) is 11.3 Å². The van der Waals surface area contributed by atoms with Gasteiger partial charge in [-0.3, -0.25) is 4.79 Å². The average molecular weight is 313 g/mol. The smallest absolute Gasteiger partial charge is 0.223 e. The van der Waals surface area contributed by atoms with Crippen molar-refractivity contribution >= 4 is 16.9 Å². The lowest BCUT2D eigenvalue weighted by Crippen LogP contribution is -2.40. The van der Waals surface area contributed by atoms with Gasteiger partial charge in [0.05, 0.1) is 17.4 Å². The van der Waals surface area contributed by atoms with E-state index in [0.29, 0.717) is 18.2 Å². The normalized spacial score (nSPS) is 16.9. The highest BCUT2D eigenvalue weighted by Gasteiger charge is 2.26. The third-order valence-corrected chi connectivity index (χ3v) is 4.63. The lowest BCUT2D eigenvalue weighted by molar-refractivity contribution is -0.134. The van der Waals surface area contributed by atoms with Gasteiger partial charge in [0, 0.05) is 26.1 Å². The van der Waals surface area contributed by atoms with Gasteiger partial charge in [0.25, 0.3) is 0 Å². The van der Waals surface area contributed by atoms with Crippen LogP contribution in [0.4, 0.5) is 0 Å². The van der Waals surface area contributed by atoms with Gasteiger partial charge in [0.15, 0.2) is 0 Å². The number of carbonyl (C=O) groups is 1. The number of carbonyl (C=O) groups excluding carboxylic acids is 1. The van der Waals surface area contributed by atoms with Crippen molar-refractivity contribution in [2.24, 2.45) is 11.3 Å². The number of rotatable bonds is 3. The van der Waals surface area contributed by atoms with Crippen molar-refractivity contribution < 1.29 is 4.79 Å². The van der Waals surface area contributed by atoms with Crippen molar-refractivity contribution in [2.45, 2.75) is 46.6 Å². The quantitative estimate of drug-likeness (QED) is 0.866. The molecule has 0 saturated carbocycles. The molecule has 4 heteroatoms. The van der Waals surface area contributed by atoms with Gasteiger partial charge < -0.3 is 9.47 Å². The van der Waals surface area contributed by atoms with Crippen LogP contribution in [0.25, 0.3) is 11.0 Å². The summed E-state index contributed by atoms with van der Waals surface area (Å²) in [6, 6.07) is 8.28. The number of nitrogens with zero attached hydrogens (tertiary/aromatic N) is 3. The van der Waals surface area contributed by atoms with Crippen LogP contribution in [0, 0.1) is 11.3 Å². The summed E-state index contributed by atoms with van der Waals surface area (Å²) in [5.74, 6) is 0.940. The zero-order valence-electron chi connectivity index (χ0n) is 14.5. The van der Waals surface area contributed by atoms with E-state index in [9.17, 15) is 4.79 Å². The maximum Gasteiger partial charge on any atom is 0.223 e. The minimum atomic E-state index is 0.0731. The molecule has 2 heterocycles. The van der Waals surface area contributed by atoms with E-state index in [1.165, 1.54) is 5.52 Å². The first-order chi connectivity index (χ1) is 10.9. The number of aromatic nitrogens is 2. The molecule has 1 amide bonds. The fourth-order valence-corrected chi connectivity index (χ4v) is 3.36. The van der Waals surface area contributed by atoms with E-state index in [0.717, 1.165) is 38.0 Å². The molecule has 0 N–H and O–H groups in total. The van der Waals surface area contributed by atoms with E-state index in [-0.39, 0.29) is 5.41 Å². The van der Waals surface area contributed by atoms with Crippen molar-refractivity contribution in [3.63, 3.8) is 0 Å². The Kier molecular flexibility index (Phi) is 4.42. The van der Waals surface area contributed by atoms with Gasteiger partial charge in [-0.1, -0.05) is 32.9 Å². The summed E-state index contributed by atoms with van der Waals surface area (Å²) in [6.45, 7) is 9.17. The molecule has 0 aliphatic carbocycles. The van der Waals surface area contributed by atoms with Gasteiger partial charge in [-0.05, 0) is 36.3 Å². The Morgan fingerprint density at radius 2 is 1.91 bits per heavy atom. The monoisotopic (exact) mass is 313 g/mol. The molecule has 2 aromatic rings. The standard InChI is InChI=1S/C19H27N3O/c1-19(2,3)12-18(23)21-10-8-15(9-11-21)13-22-14-20-16-6-4-5-7-17(16)22/h4-7,14-15H,8-13H2,1-3H3. The van der Waals surface area contributed by atoms with Crippen molar-refractivity contribution in [1.82, 2.24) is 14.5 Å². The van der Waals surface area contributed by atoms with E-state index in [1.807, 2.05) is 17.3 Å². The summed E-state index contributed by atoms with van der Waals surface area (Å²) in [5.41, 5.74) is 2.34. The SMILES string of the molecule is CC(C)(C)CC(=O)N1CCC(Cn2cnc3ccccc32)CC1. The summed E-state index contributed by atoms with van der Waals surface area (Å²) in [5, 5.41) is 0. The van der Waals surface area contributed by atoms with Crippen molar-refractivity contribution in [3.05, 3.63) is 30.6 Å². The maximum atomic E-state index is 12.3. The summed E-state index contributed by atoms with van der Waals surface area (Å²) in [7, 11) is 0. The fraction of sp³-hybridized carbons (Fsp3) is 0.579. The molecule has 0 radical (unpaired) electrons. The van der Waals surface area contributed by atoms with Crippen LogP contribution < -0.4 is 0 Å². The van der Waals surface area contributed by atoms with Crippen LogP contribution in [0.1, 0.15) is 40.0 Å². The zero-order valence-corrected chi connectivity index (χ0v) is 14.5. The van der Waals surface area contributed by atoms with Crippen LogP contribution in [0.5, 0.6) is 0 Å². The van der Waals surface area contributed by atoms with E-state index < -0.39 is 0 Å². The number of likely N-dealkylation sites (tertiary alicyclic amines) is 1. The first-order valence-corrected chi connectivity index (χ1v) is 8.60. The molecule has 1 aliphatic heterocycles. The predicted molar refractivity (Wildman–Crippen MR) is 93.1 cm³/mol. The highest BCUT2D eigenvalue weighted by atomic mass is 16.2. The molecule has 1 fully saturated rings. The van der Waals surface area contributed by atoms with Crippen LogP contribution in [0.3, 0.4) is 0 Å². The van der Waals surface area contributed by atoms with Gasteiger partial charge in [-0.2, -0.15) is 0 Å². The first-order valence-electron chi connectivity index (χ1n) is 8.60. The van der Waals surface area contributed by atoms with Crippen LogP contribution in [-0.4, -0.2) is 33.4 Å². The van der Waals surface area contributed by atoms with Gasteiger partial charge in [0.1, 0.15) is 0 Å². The zero-order chi connectivity index (χ0) is 16.4. The number of hydrogen-bond acceptors (Lipinski definition) is 2. The van der Waals surface area contributed by atoms with E-state index in [2.05, 4.69) is 48.5 Å². The second-order valence-electron chi connectivity index (χ2n) is 7.95. The largest absolute Gasteiger partial charge is 0.343 e. The fourth-order valence-electron chi connectivity index (χ4n) is 3.36. The van der Waals surface area contributed by atoms with Gasteiger partial charge >= 0.3 is 0 Å². The highest BCUT2D eigenvalue weighted by molar-refractivity contribution is 5.77. The van der Waals surface area contributed by atoms with Crippen LogP contribution >= 0.6 is 0 Å². The van der Waals surface area contributed by atoms with Gasteiger partial charge in [0.2, 0.25) is 5.91 Å². The number of para-hydroxylation sites is 2. The third-order valence-electron chi connectivity index (χ3n) is 4.63. The molecule has 4 nitrogen and oxygen atoms in total. The molecule has 1 saturated heterocycles. The Labute approximate surface area is 138 Å². The topological polar surface area (TPSA) is 38.1 Å². The Balaban J connectivity index is 1.56. The number of hydrogen-bond donors (Lipinski definition) is 0. The van der Waals surface area contributed by atoms with E-state index >= 15 is 0 Å². The molecule has 0 unspecified atom stereocenters. The molecule has 1 aliphatic rings. The lowest BCUT2D eigenvalue weighted by Gasteiger charge is -2.33. The predicted octanol–water partition coefficient (Wildman–Crippen LogP) is 3.71. The second kappa shape index (κ2) is 6.34. The number of piperidine rings is 1. The molecule has 124 valence electrons. The molecule has 0 bridgehead atoms. The molecule has 3 rings (SSSR count). The summed E-state index contributed by atoms with van der Waals surface area (Å²) in [4.78, 5) is 18.8. The Morgan fingerprint density at radius 3 is 2.61 bits per heavy atom. The Morgan fingerprint density at radius 1 is 1.22 bits per heavy atom. The van der Waals surface area contributed by atoms with E-state index in [4.69, 9.17) is 0 Å². The Hall–Kier alpha value is -1.84. The Bertz CT molecular complexity index is 675. The second-order valence-corrected chi connectivity index (χ2v) is 7.95. The van der Waals surface area contributed by atoms with Crippen molar-refractivity contribution in [2.75, 3.05) is 13.1 Å². The van der Waals surface area contributed by atoms with E-state index in [1.54, 1.807) is 0 Å². The first kappa shape index (κ1) is 16.0. The molecular weight excluding hydrogens is 286 g/mol. The van der Waals surface area contributed by atoms with Crippen molar-refractivity contribution in [1.29, 1.82) is 0 Å². The molecular formula is C19H27N3O. The number of fused-ring (bicyclic) bond motifs is 1. The third kappa shape index (κ3) is 3.92. The summed E-state index contributed by atoms with van der Waals surface area (Å²) >= 11 is 0.